The third-order valence-electron chi connectivity index (χ3n) is 0.340. The minimum Gasteiger partial charge on any atom is -0.419 e. The van der Waals surface area contributed by atoms with Crippen LogP contribution in [0.3, 0.4) is 0 Å². The molecule has 1 amide bonds. The molecular weight excluding hydrogens is 218 g/mol. The van der Waals surface area contributed by atoms with Crippen molar-refractivity contribution in [1.82, 2.24) is 5.32 Å². The van der Waals surface area contributed by atoms with E-state index in [0.717, 1.165) is 0 Å². The van der Waals surface area contributed by atoms with Crippen LogP contribution in [-0.4, -0.2) is 5.91 Å². The molecule has 0 aliphatic heterocycles. The van der Waals surface area contributed by atoms with Gasteiger partial charge in [-0.3, -0.25) is 4.79 Å². The predicted molar refractivity (Wildman–Crippen MR) is 30.6 cm³/mol. The molecule has 4 heteroatoms. The van der Waals surface area contributed by atoms with Crippen molar-refractivity contribution >= 4 is 18.5 Å². The van der Waals surface area contributed by atoms with Crippen LogP contribution in [0.4, 0.5) is 0 Å². The molecule has 0 heterocycles. The topological polar surface area (TPSA) is 29.1 Å². The number of amides is 1. The summed E-state index contributed by atoms with van der Waals surface area (Å²) in [7, 11) is 0. The molecule has 0 aromatic carbocycles. The average molecular weight is 224 g/mol. The largest absolute Gasteiger partial charge is 1.00 e. The Morgan fingerprint density at radius 1 is 1.88 bits per heavy atom. The standard InChI is InChI=1S/C4H6NOS.Ag/c1-4(6)5-2-3-7;/h2,7H,1H3,(H,5,6);/q-1;+1. The number of carbonyl (C=O) groups excluding carboxylic acids is 1. The number of thiol groups is 1. The van der Waals surface area contributed by atoms with Gasteiger partial charge in [-0.2, -0.15) is 6.20 Å². The Morgan fingerprint density at radius 2 is 2.38 bits per heavy atom. The fourth-order valence-electron chi connectivity index (χ4n) is 0.134. The van der Waals surface area contributed by atoms with Gasteiger partial charge >= 0.3 is 22.4 Å². The number of hydrogen-bond donors (Lipinski definition) is 2. The second-order valence-electron chi connectivity index (χ2n) is 0.974. The van der Waals surface area contributed by atoms with Crippen LogP contribution < -0.4 is 5.32 Å². The van der Waals surface area contributed by atoms with E-state index in [-0.39, 0.29) is 28.3 Å². The van der Waals surface area contributed by atoms with Crippen LogP contribution >= 0.6 is 12.6 Å². The van der Waals surface area contributed by atoms with Gasteiger partial charge < -0.3 is 23.4 Å². The molecule has 0 fully saturated rings. The molecule has 1 N–H and O–H groups in total. The smallest absolute Gasteiger partial charge is 0.419 e. The molecule has 50 valence electrons. The van der Waals surface area contributed by atoms with Crippen molar-refractivity contribution in [3.63, 3.8) is 0 Å². The molecule has 0 spiro atoms. The Balaban J connectivity index is 0. The maximum Gasteiger partial charge on any atom is 1.00 e. The Hall–Kier alpha value is 0.300. The van der Waals surface area contributed by atoms with Gasteiger partial charge in [-0.1, -0.05) is 0 Å². The molecule has 0 saturated heterocycles. The summed E-state index contributed by atoms with van der Waals surface area (Å²) in [5.74, 6) is -0.110. The van der Waals surface area contributed by atoms with Gasteiger partial charge in [-0.05, 0) is 0 Å². The number of rotatable bonds is 1. The van der Waals surface area contributed by atoms with Crippen molar-refractivity contribution in [2.45, 2.75) is 6.92 Å². The van der Waals surface area contributed by atoms with Crippen molar-refractivity contribution in [2.24, 2.45) is 0 Å². The summed E-state index contributed by atoms with van der Waals surface area (Å²) in [6.07, 6.45) is 1.34. The molecule has 0 aliphatic rings. The quantitative estimate of drug-likeness (QED) is 0.375. The van der Waals surface area contributed by atoms with E-state index in [0.29, 0.717) is 0 Å². The van der Waals surface area contributed by atoms with Gasteiger partial charge in [-0.15, -0.1) is 0 Å². The first-order valence-electron chi connectivity index (χ1n) is 1.76. The van der Waals surface area contributed by atoms with E-state index in [4.69, 9.17) is 0 Å². The number of hydrogen-bond acceptors (Lipinski definition) is 2. The molecule has 0 rings (SSSR count). The molecule has 2 nitrogen and oxygen atoms in total. The zero-order valence-electron chi connectivity index (χ0n) is 4.23. The van der Waals surface area contributed by atoms with Gasteiger partial charge in [0, 0.05) is 6.92 Å². The normalized spacial score (nSPS) is 8.25. The Bertz CT molecular complexity index is 94.0. The summed E-state index contributed by atoms with van der Waals surface area (Å²) in [5, 5.41) is 4.68. The third-order valence-corrected chi connectivity index (χ3v) is 0.469. The summed E-state index contributed by atoms with van der Waals surface area (Å²) >= 11 is 3.57. The summed E-state index contributed by atoms with van der Waals surface area (Å²) in [4.78, 5) is 9.99. The average Bonchev–Trinajstić information content (AvgIpc) is 1.61. The molecule has 0 radical (unpaired) electrons. The van der Waals surface area contributed by atoms with Crippen molar-refractivity contribution in [1.29, 1.82) is 0 Å². The van der Waals surface area contributed by atoms with E-state index in [1.807, 2.05) is 0 Å². The van der Waals surface area contributed by atoms with Crippen LogP contribution in [0.25, 0.3) is 0 Å². The SMILES string of the molecule is CC(=O)NC=[C-]S.[Ag+]. The minimum atomic E-state index is -0.110. The number of carbonyl (C=O) groups is 1. The Labute approximate surface area is 69.6 Å². The van der Waals surface area contributed by atoms with Crippen molar-refractivity contribution in [3.05, 3.63) is 11.6 Å². The van der Waals surface area contributed by atoms with Crippen LogP contribution in [-0.2, 0) is 27.2 Å². The molecule has 0 aliphatic carbocycles. The van der Waals surface area contributed by atoms with Crippen LogP contribution in [0, 0.1) is 5.41 Å². The fourth-order valence-corrected chi connectivity index (χ4v) is 0.198. The second kappa shape index (κ2) is 7.30. The molecule has 0 saturated carbocycles. The van der Waals surface area contributed by atoms with Crippen LogP contribution in [0.15, 0.2) is 6.20 Å². The van der Waals surface area contributed by atoms with E-state index in [2.05, 4.69) is 23.4 Å². The van der Waals surface area contributed by atoms with E-state index in [1.165, 1.54) is 13.1 Å². The van der Waals surface area contributed by atoms with E-state index in [1.54, 1.807) is 0 Å². The van der Waals surface area contributed by atoms with Crippen molar-refractivity contribution < 1.29 is 27.2 Å². The van der Waals surface area contributed by atoms with Gasteiger partial charge in [0.2, 0.25) is 5.91 Å². The summed E-state index contributed by atoms with van der Waals surface area (Å²) < 4.78 is 0. The zero-order chi connectivity index (χ0) is 5.70. The van der Waals surface area contributed by atoms with E-state index < -0.39 is 0 Å². The second-order valence-corrected chi connectivity index (χ2v) is 1.23. The minimum absolute atomic E-state index is 0. The first-order valence-corrected chi connectivity index (χ1v) is 2.20. The molecule has 0 aromatic heterocycles. The Kier molecular flexibility index (Phi) is 10.2. The molecule has 0 bridgehead atoms. The van der Waals surface area contributed by atoms with Crippen LogP contribution in [0.2, 0.25) is 0 Å². The summed E-state index contributed by atoms with van der Waals surface area (Å²) in [5.41, 5.74) is 0. The van der Waals surface area contributed by atoms with Crippen LogP contribution in [0.1, 0.15) is 6.92 Å². The summed E-state index contributed by atoms with van der Waals surface area (Å²) in [6.45, 7) is 1.42. The summed E-state index contributed by atoms with van der Waals surface area (Å²) in [6, 6.07) is 0. The fraction of sp³-hybridized carbons (Fsp3) is 0.250. The predicted octanol–water partition coefficient (Wildman–Crippen LogP) is 0.324. The number of nitrogens with one attached hydrogen (secondary N) is 1. The van der Waals surface area contributed by atoms with Crippen molar-refractivity contribution in [2.75, 3.05) is 0 Å². The Morgan fingerprint density at radius 3 is 2.50 bits per heavy atom. The van der Waals surface area contributed by atoms with Gasteiger partial charge in [0.05, 0.1) is 0 Å². The van der Waals surface area contributed by atoms with Gasteiger partial charge in [0.1, 0.15) is 0 Å². The molecular formula is C4H6AgNOS. The van der Waals surface area contributed by atoms with Gasteiger partial charge in [0.25, 0.3) is 0 Å². The first-order chi connectivity index (χ1) is 3.27. The van der Waals surface area contributed by atoms with Crippen LogP contribution in [0.5, 0.6) is 0 Å². The van der Waals surface area contributed by atoms with Gasteiger partial charge in [0.15, 0.2) is 0 Å². The maximum atomic E-state index is 9.99. The van der Waals surface area contributed by atoms with E-state index in [9.17, 15) is 4.79 Å². The zero-order valence-corrected chi connectivity index (χ0v) is 6.61. The molecule has 0 atom stereocenters. The monoisotopic (exact) mass is 223 g/mol. The maximum absolute atomic E-state index is 9.99. The third kappa shape index (κ3) is 9.57. The molecule has 0 aromatic rings. The van der Waals surface area contributed by atoms with E-state index >= 15 is 0 Å². The first kappa shape index (κ1) is 11.1. The molecule has 0 unspecified atom stereocenters. The van der Waals surface area contributed by atoms with Crippen molar-refractivity contribution in [3.8, 4) is 0 Å². The molecule has 8 heavy (non-hydrogen) atoms. The van der Waals surface area contributed by atoms with Gasteiger partial charge in [-0.25, -0.2) is 0 Å².